The summed E-state index contributed by atoms with van der Waals surface area (Å²) in [6, 6.07) is 3.91. The van der Waals surface area contributed by atoms with Gasteiger partial charge in [-0.05, 0) is 18.4 Å². The molecule has 0 bridgehead atoms. The molecular weight excluding hydrogens is 276 g/mol. The minimum Gasteiger partial charge on any atom is -0.388 e. The van der Waals surface area contributed by atoms with E-state index in [9.17, 15) is 9.90 Å². The zero-order chi connectivity index (χ0) is 14.4. The van der Waals surface area contributed by atoms with Gasteiger partial charge >= 0.3 is 6.03 Å². The Balaban J connectivity index is 1.69. The maximum atomic E-state index is 11.8. The molecular formula is C14H22N2O3S. The topological polar surface area (TPSA) is 70.6 Å². The Morgan fingerprint density at radius 1 is 1.55 bits per heavy atom. The smallest absolute Gasteiger partial charge is 0.315 e. The molecule has 3 N–H and O–H groups in total. The maximum absolute atomic E-state index is 11.8. The lowest BCUT2D eigenvalue weighted by molar-refractivity contribution is -0.0600. The SMILES string of the molecule is CC(Cc1cccs1)NC(=O)NCC1(O)CCOCC1. The first-order chi connectivity index (χ1) is 9.57. The molecule has 5 nitrogen and oxygen atoms in total. The molecule has 0 aromatic carbocycles. The van der Waals surface area contributed by atoms with Gasteiger partial charge in [-0.2, -0.15) is 0 Å². The second-order valence-electron chi connectivity index (χ2n) is 5.35. The fourth-order valence-electron chi connectivity index (χ4n) is 2.23. The minimum atomic E-state index is -0.827. The molecule has 1 saturated heterocycles. The van der Waals surface area contributed by atoms with E-state index in [1.54, 1.807) is 11.3 Å². The monoisotopic (exact) mass is 298 g/mol. The van der Waals surface area contributed by atoms with Crippen LogP contribution in [0.1, 0.15) is 24.6 Å². The number of nitrogens with one attached hydrogen (secondary N) is 2. The molecule has 1 aromatic rings. The number of hydrogen-bond acceptors (Lipinski definition) is 4. The van der Waals surface area contributed by atoms with Gasteiger partial charge in [-0.3, -0.25) is 0 Å². The number of thiophene rings is 1. The lowest BCUT2D eigenvalue weighted by Crippen LogP contribution is -2.50. The van der Waals surface area contributed by atoms with E-state index in [1.807, 2.05) is 18.4 Å². The molecule has 2 amide bonds. The van der Waals surface area contributed by atoms with Crippen LogP contribution in [0, 0.1) is 0 Å². The van der Waals surface area contributed by atoms with Crippen LogP contribution in [0.15, 0.2) is 17.5 Å². The summed E-state index contributed by atoms with van der Waals surface area (Å²) < 4.78 is 5.21. The zero-order valence-electron chi connectivity index (χ0n) is 11.7. The molecule has 2 heterocycles. The summed E-state index contributed by atoms with van der Waals surface area (Å²) >= 11 is 1.69. The van der Waals surface area contributed by atoms with Crippen molar-refractivity contribution in [1.82, 2.24) is 10.6 Å². The van der Waals surface area contributed by atoms with Crippen LogP contribution in [-0.4, -0.2) is 42.5 Å². The van der Waals surface area contributed by atoms with Crippen molar-refractivity contribution >= 4 is 17.4 Å². The second-order valence-corrected chi connectivity index (χ2v) is 6.38. The highest BCUT2D eigenvalue weighted by Crippen LogP contribution is 2.19. The minimum absolute atomic E-state index is 0.0676. The quantitative estimate of drug-likeness (QED) is 0.772. The van der Waals surface area contributed by atoms with Gasteiger partial charge in [0.25, 0.3) is 0 Å². The molecule has 2 rings (SSSR count). The van der Waals surface area contributed by atoms with E-state index in [2.05, 4.69) is 16.7 Å². The molecule has 0 radical (unpaired) electrons. The van der Waals surface area contributed by atoms with E-state index in [-0.39, 0.29) is 18.6 Å². The Morgan fingerprint density at radius 2 is 2.30 bits per heavy atom. The molecule has 1 aromatic heterocycles. The van der Waals surface area contributed by atoms with Crippen LogP contribution in [0.5, 0.6) is 0 Å². The lowest BCUT2D eigenvalue weighted by atomic mass is 9.94. The van der Waals surface area contributed by atoms with Crippen LogP contribution in [0.4, 0.5) is 4.79 Å². The molecule has 1 fully saturated rings. The van der Waals surface area contributed by atoms with Crippen molar-refractivity contribution in [3.8, 4) is 0 Å². The summed E-state index contributed by atoms with van der Waals surface area (Å²) in [6.07, 6.45) is 1.96. The number of ether oxygens (including phenoxy) is 1. The van der Waals surface area contributed by atoms with Crippen molar-refractivity contribution in [2.45, 2.75) is 37.8 Å². The summed E-state index contributed by atoms with van der Waals surface area (Å²) in [5.74, 6) is 0. The third-order valence-corrected chi connectivity index (χ3v) is 4.37. The molecule has 0 spiro atoms. The molecule has 1 unspecified atom stereocenters. The first-order valence-electron chi connectivity index (χ1n) is 6.94. The lowest BCUT2D eigenvalue weighted by Gasteiger charge is -2.32. The highest BCUT2D eigenvalue weighted by atomic mass is 32.1. The van der Waals surface area contributed by atoms with E-state index in [0.29, 0.717) is 26.1 Å². The molecule has 112 valence electrons. The Morgan fingerprint density at radius 3 is 2.95 bits per heavy atom. The average Bonchev–Trinajstić information content (AvgIpc) is 2.90. The molecule has 0 aliphatic carbocycles. The van der Waals surface area contributed by atoms with E-state index in [1.165, 1.54) is 4.88 Å². The van der Waals surface area contributed by atoms with Crippen LogP contribution in [0.2, 0.25) is 0 Å². The van der Waals surface area contributed by atoms with Crippen LogP contribution < -0.4 is 10.6 Å². The molecule has 1 aliphatic rings. The summed E-state index contributed by atoms with van der Waals surface area (Å²) in [5.41, 5.74) is -0.827. The fourth-order valence-corrected chi connectivity index (χ4v) is 3.06. The van der Waals surface area contributed by atoms with Crippen molar-refractivity contribution in [3.05, 3.63) is 22.4 Å². The van der Waals surface area contributed by atoms with Gasteiger partial charge < -0.3 is 20.5 Å². The Bertz CT molecular complexity index is 416. The van der Waals surface area contributed by atoms with Gasteiger partial charge in [0.15, 0.2) is 0 Å². The van der Waals surface area contributed by atoms with Crippen LogP contribution >= 0.6 is 11.3 Å². The summed E-state index contributed by atoms with van der Waals surface area (Å²) in [5, 5.41) is 17.9. The summed E-state index contributed by atoms with van der Waals surface area (Å²) in [4.78, 5) is 13.1. The van der Waals surface area contributed by atoms with Crippen molar-refractivity contribution in [2.75, 3.05) is 19.8 Å². The highest BCUT2D eigenvalue weighted by Gasteiger charge is 2.30. The first kappa shape index (κ1) is 15.3. The predicted octanol–water partition coefficient (Wildman–Crippen LogP) is 1.52. The number of hydrogen-bond donors (Lipinski definition) is 3. The second kappa shape index (κ2) is 7.06. The summed E-state index contributed by atoms with van der Waals surface area (Å²) in [7, 11) is 0. The predicted molar refractivity (Wildman–Crippen MR) is 79.0 cm³/mol. The van der Waals surface area contributed by atoms with E-state index in [0.717, 1.165) is 6.42 Å². The van der Waals surface area contributed by atoms with Gasteiger partial charge in [0.2, 0.25) is 0 Å². The van der Waals surface area contributed by atoms with Crippen molar-refractivity contribution in [3.63, 3.8) is 0 Å². The zero-order valence-corrected chi connectivity index (χ0v) is 12.5. The largest absolute Gasteiger partial charge is 0.388 e. The normalized spacial score (nSPS) is 19.3. The van der Waals surface area contributed by atoms with Gasteiger partial charge in [0.05, 0.1) is 5.60 Å². The van der Waals surface area contributed by atoms with Crippen molar-refractivity contribution in [2.24, 2.45) is 0 Å². The van der Waals surface area contributed by atoms with Gasteiger partial charge in [-0.15, -0.1) is 11.3 Å². The molecule has 0 saturated carbocycles. The number of rotatable bonds is 5. The molecule has 1 atom stereocenters. The van der Waals surface area contributed by atoms with Crippen molar-refractivity contribution < 1.29 is 14.6 Å². The van der Waals surface area contributed by atoms with Gasteiger partial charge in [0, 0.05) is 49.9 Å². The van der Waals surface area contributed by atoms with Gasteiger partial charge in [0.1, 0.15) is 0 Å². The van der Waals surface area contributed by atoms with Crippen LogP contribution in [0.25, 0.3) is 0 Å². The van der Waals surface area contributed by atoms with Crippen molar-refractivity contribution in [1.29, 1.82) is 0 Å². The fraction of sp³-hybridized carbons (Fsp3) is 0.643. The third kappa shape index (κ3) is 4.77. The van der Waals surface area contributed by atoms with E-state index < -0.39 is 5.60 Å². The molecule has 20 heavy (non-hydrogen) atoms. The molecule has 1 aliphatic heterocycles. The molecule has 6 heteroatoms. The van der Waals surface area contributed by atoms with Crippen LogP contribution in [0.3, 0.4) is 0 Å². The number of carbonyl (C=O) groups excluding carboxylic acids is 1. The number of amides is 2. The number of aliphatic hydroxyl groups is 1. The average molecular weight is 298 g/mol. The number of urea groups is 1. The van der Waals surface area contributed by atoms with Gasteiger partial charge in [-0.1, -0.05) is 6.07 Å². The van der Waals surface area contributed by atoms with Crippen LogP contribution in [-0.2, 0) is 11.2 Å². The third-order valence-electron chi connectivity index (χ3n) is 3.47. The summed E-state index contributed by atoms with van der Waals surface area (Å²) in [6.45, 7) is 3.35. The number of carbonyl (C=O) groups is 1. The Labute approximate surface area is 123 Å². The van der Waals surface area contributed by atoms with E-state index in [4.69, 9.17) is 4.74 Å². The van der Waals surface area contributed by atoms with Gasteiger partial charge in [-0.25, -0.2) is 4.79 Å². The van der Waals surface area contributed by atoms with E-state index >= 15 is 0 Å². The first-order valence-corrected chi connectivity index (χ1v) is 7.82. The Hall–Kier alpha value is -1.11. The Kier molecular flexibility index (Phi) is 5.39. The standard InChI is InChI=1S/C14H22N2O3S/c1-11(9-12-3-2-8-20-12)16-13(17)15-10-14(18)4-6-19-7-5-14/h2-3,8,11,18H,4-7,9-10H2,1H3,(H2,15,16,17). The maximum Gasteiger partial charge on any atom is 0.315 e. The highest BCUT2D eigenvalue weighted by molar-refractivity contribution is 7.09.